The van der Waals surface area contributed by atoms with Crippen LogP contribution in [-0.2, 0) is 4.74 Å². The van der Waals surface area contributed by atoms with E-state index in [9.17, 15) is 0 Å². The highest BCUT2D eigenvalue weighted by Gasteiger charge is 2.34. The zero-order chi connectivity index (χ0) is 24.9. The SMILES string of the molecule is Fc1c(-c2cccc3cccc(Cl)c23)ncc2c(N3CC4CCC(C3)N4)nc(OCC3CCCO3)nc12. The minimum absolute atomic E-state index is 0.00783. The van der Waals surface area contributed by atoms with Crippen molar-refractivity contribution in [2.45, 2.75) is 43.9 Å². The highest BCUT2D eigenvalue weighted by Crippen LogP contribution is 2.38. The van der Waals surface area contributed by atoms with Gasteiger partial charge in [0.15, 0.2) is 5.82 Å². The smallest absolute Gasteiger partial charge is 0.319 e. The molecule has 9 heteroatoms. The number of hydrogen-bond donors (Lipinski definition) is 1. The average Bonchev–Trinajstić information content (AvgIpc) is 3.56. The standard InChI is InChI=1S/C28H27ClFN5O2/c29-22-8-2-5-16-4-1-7-20(23(16)22)25-24(30)26-21(12-31-25)27(35-13-17-9-10-18(14-35)32-17)34-28(33-26)37-15-19-6-3-11-36-19/h1-2,4-5,7-8,12,17-19,32H,3,6,9-11,13-15H2. The van der Waals surface area contributed by atoms with Crippen molar-refractivity contribution in [2.75, 3.05) is 31.2 Å². The Morgan fingerprint density at radius 2 is 1.89 bits per heavy atom. The van der Waals surface area contributed by atoms with Crippen LogP contribution >= 0.6 is 11.6 Å². The van der Waals surface area contributed by atoms with Gasteiger partial charge in [-0.3, -0.25) is 4.98 Å². The molecule has 3 aliphatic heterocycles. The van der Waals surface area contributed by atoms with Crippen molar-refractivity contribution in [1.82, 2.24) is 20.3 Å². The van der Waals surface area contributed by atoms with Gasteiger partial charge in [-0.25, -0.2) is 4.39 Å². The molecule has 3 aliphatic rings. The van der Waals surface area contributed by atoms with E-state index in [2.05, 4.69) is 20.2 Å². The van der Waals surface area contributed by atoms with Gasteiger partial charge in [0.05, 0.1) is 11.5 Å². The van der Waals surface area contributed by atoms with Gasteiger partial charge in [-0.2, -0.15) is 9.97 Å². The monoisotopic (exact) mass is 519 g/mol. The van der Waals surface area contributed by atoms with Crippen molar-refractivity contribution in [3.63, 3.8) is 0 Å². The van der Waals surface area contributed by atoms with Gasteiger partial charge in [0.25, 0.3) is 0 Å². The normalized spacial score (nSPS) is 23.3. The van der Waals surface area contributed by atoms with E-state index in [1.54, 1.807) is 6.20 Å². The maximum Gasteiger partial charge on any atom is 0.319 e. The second kappa shape index (κ2) is 9.35. The van der Waals surface area contributed by atoms with Crippen LogP contribution in [0.2, 0.25) is 5.02 Å². The Morgan fingerprint density at radius 1 is 1.08 bits per heavy atom. The van der Waals surface area contributed by atoms with Gasteiger partial charge in [0.1, 0.15) is 23.6 Å². The van der Waals surface area contributed by atoms with Crippen molar-refractivity contribution in [3.05, 3.63) is 53.4 Å². The minimum atomic E-state index is -0.506. The number of nitrogens with zero attached hydrogens (tertiary/aromatic N) is 4. The molecule has 0 aliphatic carbocycles. The van der Waals surface area contributed by atoms with Crippen molar-refractivity contribution < 1.29 is 13.9 Å². The van der Waals surface area contributed by atoms with Crippen LogP contribution in [0.4, 0.5) is 10.2 Å². The third-order valence-electron chi connectivity index (χ3n) is 7.69. The molecule has 2 aromatic carbocycles. The third-order valence-corrected chi connectivity index (χ3v) is 8.01. The van der Waals surface area contributed by atoms with Crippen LogP contribution in [0.5, 0.6) is 6.01 Å². The Balaban J connectivity index is 1.36. The predicted molar refractivity (Wildman–Crippen MR) is 142 cm³/mol. The van der Waals surface area contributed by atoms with Gasteiger partial charge in [-0.15, -0.1) is 0 Å². The van der Waals surface area contributed by atoms with E-state index in [4.69, 9.17) is 26.1 Å². The number of anilines is 1. The molecule has 2 aromatic heterocycles. The summed E-state index contributed by atoms with van der Waals surface area (Å²) in [5.41, 5.74) is 1.04. The summed E-state index contributed by atoms with van der Waals surface area (Å²) in [7, 11) is 0. The van der Waals surface area contributed by atoms with Crippen LogP contribution in [0.1, 0.15) is 25.7 Å². The number of ether oxygens (including phenoxy) is 2. The number of benzene rings is 2. The second-order valence-corrected chi connectivity index (χ2v) is 10.6. The van der Waals surface area contributed by atoms with Crippen LogP contribution in [0.25, 0.3) is 32.9 Å². The molecule has 7 rings (SSSR count). The van der Waals surface area contributed by atoms with Crippen molar-refractivity contribution >= 4 is 39.1 Å². The average molecular weight is 520 g/mol. The van der Waals surface area contributed by atoms with E-state index < -0.39 is 5.82 Å². The lowest BCUT2D eigenvalue weighted by Crippen LogP contribution is -2.51. The number of fused-ring (bicyclic) bond motifs is 4. The lowest BCUT2D eigenvalue weighted by molar-refractivity contribution is 0.0647. The molecule has 5 heterocycles. The molecule has 4 aromatic rings. The maximum atomic E-state index is 16.3. The maximum absolute atomic E-state index is 16.3. The Bertz CT molecular complexity index is 1480. The molecule has 0 radical (unpaired) electrons. The van der Waals surface area contributed by atoms with Crippen LogP contribution in [-0.4, -0.2) is 59.4 Å². The first-order chi connectivity index (χ1) is 18.1. The molecule has 190 valence electrons. The number of hydrogen-bond acceptors (Lipinski definition) is 7. The summed E-state index contributed by atoms with van der Waals surface area (Å²) in [6.07, 6.45) is 5.90. The van der Waals surface area contributed by atoms with E-state index in [-0.39, 0.29) is 23.3 Å². The minimum Gasteiger partial charge on any atom is -0.461 e. The lowest BCUT2D eigenvalue weighted by Gasteiger charge is -2.34. The van der Waals surface area contributed by atoms with Crippen LogP contribution in [0.3, 0.4) is 0 Å². The van der Waals surface area contributed by atoms with Crippen LogP contribution < -0.4 is 15.0 Å². The second-order valence-electron chi connectivity index (χ2n) is 10.1. The summed E-state index contributed by atoms with van der Waals surface area (Å²) in [6, 6.07) is 12.3. The van der Waals surface area contributed by atoms with Gasteiger partial charge in [-0.05, 0) is 37.1 Å². The van der Waals surface area contributed by atoms with Gasteiger partial charge < -0.3 is 19.7 Å². The first kappa shape index (κ1) is 23.1. The summed E-state index contributed by atoms with van der Waals surface area (Å²) >= 11 is 6.55. The first-order valence-electron chi connectivity index (χ1n) is 12.9. The van der Waals surface area contributed by atoms with Gasteiger partial charge in [0.2, 0.25) is 0 Å². The molecule has 3 saturated heterocycles. The van der Waals surface area contributed by atoms with Crippen molar-refractivity contribution in [2.24, 2.45) is 0 Å². The van der Waals surface area contributed by atoms with Crippen molar-refractivity contribution in [3.8, 4) is 17.3 Å². The molecule has 3 fully saturated rings. The summed E-state index contributed by atoms with van der Waals surface area (Å²) in [4.78, 5) is 16.1. The van der Waals surface area contributed by atoms with E-state index in [1.807, 2.05) is 36.4 Å². The topological polar surface area (TPSA) is 72.4 Å². The number of aromatic nitrogens is 3. The highest BCUT2D eigenvalue weighted by atomic mass is 35.5. The van der Waals surface area contributed by atoms with Gasteiger partial charge >= 0.3 is 6.01 Å². The zero-order valence-corrected chi connectivity index (χ0v) is 21.0. The van der Waals surface area contributed by atoms with Gasteiger partial charge in [0, 0.05) is 53.9 Å². The summed E-state index contributed by atoms with van der Waals surface area (Å²) in [6.45, 7) is 2.68. The summed E-state index contributed by atoms with van der Waals surface area (Å²) in [5, 5.41) is 6.46. The Hall–Kier alpha value is -3.07. The molecule has 0 saturated carbocycles. The highest BCUT2D eigenvalue weighted by molar-refractivity contribution is 6.36. The summed E-state index contributed by atoms with van der Waals surface area (Å²) < 4.78 is 28.0. The van der Waals surface area contributed by atoms with Gasteiger partial charge in [-0.1, -0.05) is 41.9 Å². The van der Waals surface area contributed by atoms with E-state index in [1.165, 1.54) is 0 Å². The number of rotatable bonds is 5. The molecular weight excluding hydrogens is 493 g/mol. The molecular formula is C28H27ClFN5O2. The van der Waals surface area contributed by atoms with Crippen LogP contribution in [0.15, 0.2) is 42.6 Å². The third kappa shape index (κ3) is 4.17. The number of halogens is 2. The van der Waals surface area contributed by atoms with E-state index in [0.29, 0.717) is 40.5 Å². The fourth-order valence-electron chi connectivity index (χ4n) is 5.92. The quantitative estimate of drug-likeness (QED) is 0.391. The largest absolute Gasteiger partial charge is 0.461 e. The van der Waals surface area contributed by atoms with E-state index in [0.717, 1.165) is 56.2 Å². The first-order valence-corrected chi connectivity index (χ1v) is 13.3. The summed E-state index contributed by atoms with van der Waals surface area (Å²) in [5.74, 6) is 0.160. The number of piperazine rings is 1. The molecule has 2 bridgehead atoms. The Kier molecular flexibility index (Phi) is 5.83. The lowest BCUT2D eigenvalue weighted by atomic mass is 10.0. The molecule has 0 amide bonds. The van der Waals surface area contributed by atoms with Crippen molar-refractivity contribution in [1.29, 1.82) is 0 Å². The van der Waals surface area contributed by atoms with Crippen LogP contribution in [0, 0.1) is 5.82 Å². The fourth-order valence-corrected chi connectivity index (χ4v) is 6.20. The van der Waals surface area contributed by atoms with E-state index >= 15 is 4.39 Å². The molecule has 37 heavy (non-hydrogen) atoms. The predicted octanol–water partition coefficient (Wildman–Crippen LogP) is 5.14. The number of nitrogens with one attached hydrogen (secondary N) is 1. The molecule has 7 nitrogen and oxygen atoms in total. The number of pyridine rings is 1. The molecule has 3 atom stereocenters. The molecule has 1 N–H and O–H groups in total. The molecule has 3 unspecified atom stereocenters. The zero-order valence-electron chi connectivity index (χ0n) is 20.3. The fraction of sp³-hybridized carbons (Fsp3) is 0.393. The molecule has 0 spiro atoms. The Labute approximate surface area is 219 Å². The Morgan fingerprint density at radius 3 is 2.68 bits per heavy atom.